The molecule has 0 saturated carbocycles. The van der Waals surface area contributed by atoms with Crippen LogP contribution in [-0.2, 0) is 19.0 Å². The van der Waals surface area contributed by atoms with Crippen LogP contribution in [-0.4, -0.2) is 68.3 Å². The summed E-state index contributed by atoms with van der Waals surface area (Å²) in [6.07, 6.45) is 36.1. The van der Waals surface area contributed by atoms with Crippen molar-refractivity contribution in [3.63, 3.8) is 0 Å². The number of allylic oxidation sites excluding steroid dienone is 4. The van der Waals surface area contributed by atoms with Crippen molar-refractivity contribution in [1.29, 1.82) is 0 Å². The summed E-state index contributed by atoms with van der Waals surface area (Å²) in [5.74, 6) is 6.17. The van der Waals surface area contributed by atoms with Crippen molar-refractivity contribution in [1.82, 2.24) is 4.90 Å². The van der Waals surface area contributed by atoms with Gasteiger partial charge < -0.3 is 24.2 Å². The van der Waals surface area contributed by atoms with Gasteiger partial charge >= 0.3 is 5.97 Å². The molecule has 0 aliphatic heterocycles. The van der Waals surface area contributed by atoms with Gasteiger partial charge in [0.1, 0.15) is 6.61 Å². The predicted octanol–water partition coefficient (Wildman–Crippen LogP) is 11.1. The summed E-state index contributed by atoms with van der Waals surface area (Å²) in [6, 6.07) is 0. The molecule has 0 aromatic carbocycles. The third-order valence-electron chi connectivity index (χ3n) is 8.65. The van der Waals surface area contributed by atoms with Gasteiger partial charge in [0.15, 0.2) is 6.29 Å². The van der Waals surface area contributed by atoms with Crippen LogP contribution in [0.15, 0.2) is 24.3 Å². The number of carbonyl (C=O) groups excluding carboxylic acids is 1. The number of hydrogen-bond donors (Lipinski definition) is 1. The second kappa shape index (κ2) is 40.8. The highest BCUT2D eigenvalue weighted by Gasteiger charge is 2.10. The highest BCUT2D eigenvalue weighted by Crippen LogP contribution is 2.14. The number of carbonyl (C=O) groups is 1. The molecule has 0 aliphatic carbocycles. The van der Waals surface area contributed by atoms with Crippen molar-refractivity contribution in [2.75, 3.05) is 46.1 Å². The average Bonchev–Trinajstić information content (AvgIpc) is 3.10. The Balaban J connectivity index is 4.00. The van der Waals surface area contributed by atoms with Crippen molar-refractivity contribution in [3.05, 3.63) is 24.3 Å². The number of aliphatic hydroxyl groups is 1. The molecule has 0 bridgehead atoms. The Morgan fingerprint density at radius 2 is 1.18 bits per heavy atom. The third-order valence-corrected chi connectivity index (χ3v) is 8.65. The number of aliphatic hydroxyl groups excluding tert-OH is 1. The Morgan fingerprint density at radius 3 is 1.78 bits per heavy atom. The molecule has 1 N–H and O–H groups in total. The number of nitrogens with zero attached hydrogens (tertiary/aromatic N) is 1. The lowest BCUT2D eigenvalue weighted by molar-refractivity contribution is -0.148. The van der Waals surface area contributed by atoms with Crippen LogP contribution in [0.3, 0.4) is 0 Å². The Bertz CT molecular complexity index is 778. The molecule has 0 fully saturated rings. The summed E-state index contributed by atoms with van der Waals surface area (Å²) in [5, 5.41) is 9.55. The number of ether oxygens (including phenoxy) is 3. The van der Waals surface area contributed by atoms with Crippen LogP contribution in [0, 0.1) is 11.8 Å². The molecule has 0 atom stereocenters. The molecule has 286 valence electrons. The Hall–Kier alpha value is -1.65. The summed E-state index contributed by atoms with van der Waals surface area (Å²) in [4.78, 5) is 14.3. The molecule has 0 aromatic heterocycles. The van der Waals surface area contributed by atoms with Crippen LogP contribution in [0.1, 0.15) is 181 Å². The molecule has 6 heteroatoms. The molecule has 0 unspecified atom stereocenters. The van der Waals surface area contributed by atoms with Gasteiger partial charge in [-0.25, -0.2) is 0 Å². The minimum Gasteiger partial charge on any atom is -0.465 e. The highest BCUT2D eigenvalue weighted by molar-refractivity contribution is 5.69. The van der Waals surface area contributed by atoms with E-state index >= 15 is 0 Å². The molecule has 49 heavy (non-hydrogen) atoms. The van der Waals surface area contributed by atoms with E-state index in [9.17, 15) is 9.90 Å². The van der Waals surface area contributed by atoms with Crippen molar-refractivity contribution in [3.8, 4) is 11.8 Å². The largest absolute Gasteiger partial charge is 0.465 e. The highest BCUT2D eigenvalue weighted by atomic mass is 16.7. The first-order chi connectivity index (χ1) is 24.2. The topological polar surface area (TPSA) is 68.2 Å². The van der Waals surface area contributed by atoms with Gasteiger partial charge in [-0.1, -0.05) is 102 Å². The van der Waals surface area contributed by atoms with E-state index in [2.05, 4.69) is 61.8 Å². The van der Waals surface area contributed by atoms with Crippen molar-refractivity contribution in [2.45, 2.75) is 188 Å². The fourth-order valence-electron chi connectivity index (χ4n) is 5.66. The zero-order chi connectivity index (χ0) is 35.7. The molecule has 0 rings (SSSR count). The van der Waals surface area contributed by atoms with Gasteiger partial charge in [0.25, 0.3) is 0 Å². The summed E-state index contributed by atoms with van der Waals surface area (Å²) < 4.78 is 17.7. The molecule has 0 heterocycles. The number of unbranched alkanes of at least 4 members (excludes halogenated alkanes) is 15. The van der Waals surface area contributed by atoms with Crippen molar-refractivity contribution < 1.29 is 24.1 Å². The van der Waals surface area contributed by atoms with Crippen molar-refractivity contribution >= 4 is 5.97 Å². The van der Waals surface area contributed by atoms with Crippen LogP contribution in [0.5, 0.6) is 0 Å². The second-order valence-electron chi connectivity index (χ2n) is 13.3. The van der Waals surface area contributed by atoms with Gasteiger partial charge in [-0.05, 0) is 103 Å². The standard InChI is InChI=1S/C43H79NO5/c1-4-7-10-13-16-25-30-39-47-42(46)33-26-19-17-21-28-35-44(37-38-45)36-29-22-18-20-27-34-43(48-40-31-23-14-11-8-5-2)49-41-32-24-15-12-9-6-3/h8-9,11-12,43,45H,4-7,10,13-15,17-24,26-41H2,1-3H3/b11-8-,12-9-. The molecule has 0 amide bonds. The van der Waals surface area contributed by atoms with Gasteiger partial charge in [-0.2, -0.15) is 0 Å². The van der Waals surface area contributed by atoms with Gasteiger partial charge in [-0.15, -0.1) is 5.92 Å². The fourth-order valence-corrected chi connectivity index (χ4v) is 5.66. The molecular weight excluding hydrogens is 610 g/mol. The summed E-state index contributed by atoms with van der Waals surface area (Å²) in [7, 11) is 0. The lowest BCUT2D eigenvalue weighted by Gasteiger charge is -2.21. The number of esters is 1. The Morgan fingerprint density at radius 1 is 0.612 bits per heavy atom. The predicted molar refractivity (Wildman–Crippen MR) is 209 cm³/mol. The van der Waals surface area contributed by atoms with E-state index in [0.29, 0.717) is 19.4 Å². The summed E-state index contributed by atoms with van der Waals surface area (Å²) in [6.45, 7) is 11.6. The molecule has 0 spiro atoms. The van der Waals surface area contributed by atoms with E-state index in [-0.39, 0.29) is 18.9 Å². The number of rotatable bonds is 37. The van der Waals surface area contributed by atoms with E-state index in [0.717, 1.165) is 123 Å². The molecule has 0 aliphatic rings. The smallest absolute Gasteiger partial charge is 0.305 e. The van der Waals surface area contributed by atoms with E-state index in [4.69, 9.17) is 14.2 Å². The van der Waals surface area contributed by atoms with E-state index in [1.165, 1.54) is 57.8 Å². The lowest BCUT2D eigenvalue weighted by Crippen LogP contribution is -2.29. The van der Waals surface area contributed by atoms with Gasteiger partial charge in [0.2, 0.25) is 0 Å². The normalized spacial score (nSPS) is 11.7. The van der Waals surface area contributed by atoms with Crippen LogP contribution >= 0.6 is 0 Å². The average molecular weight is 690 g/mol. The summed E-state index contributed by atoms with van der Waals surface area (Å²) >= 11 is 0. The van der Waals surface area contributed by atoms with Crippen LogP contribution in [0.4, 0.5) is 0 Å². The van der Waals surface area contributed by atoms with Gasteiger partial charge in [-0.3, -0.25) is 4.79 Å². The second-order valence-corrected chi connectivity index (χ2v) is 13.3. The molecule has 0 radical (unpaired) electrons. The number of hydrogen-bond acceptors (Lipinski definition) is 6. The SMILES string of the molecule is CC/C=C\CCCCOC(CCCCCCCN(CCO)CCCCCCCC(=O)OCCC#CCCCCC)OCCCC/C=C\CC. The lowest BCUT2D eigenvalue weighted by atomic mass is 10.1. The Kier molecular flexibility index (Phi) is 39.4. The molecule has 0 saturated heterocycles. The zero-order valence-electron chi connectivity index (χ0n) is 32.5. The van der Waals surface area contributed by atoms with E-state index < -0.39 is 0 Å². The first kappa shape index (κ1) is 47.4. The maximum absolute atomic E-state index is 11.9. The quantitative estimate of drug-likeness (QED) is 0.0230. The van der Waals surface area contributed by atoms with Crippen LogP contribution in [0.2, 0.25) is 0 Å². The monoisotopic (exact) mass is 690 g/mol. The van der Waals surface area contributed by atoms with Crippen LogP contribution < -0.4 is 0 Å². The molecule has 0 aromatic rings. The van der Waals surface area contributed by atoms with E-state index in [1.807, 2.05) is 0 Å². The maximum atomic E-state index is 11.9. The molecule has 6 nitrogen and oxygen atoms in total. The summed E-state index contributed by atoms with van der Waals surface area (Å²) in [5.41, 5.74) is 0. The van der Waals surface area contributed by atoms with Gasteiger partial charge in [0.05, 0.1) is 6.61 Å². The fraction of sp³-hybridized carbons (Fsp3) is 0.837. The Labute approximate surface area is 304 Å². The first-order valence-corrected chi connectivity index (χ1v) is 20.7. The molecular formula is C43H79NO5. The zero-order valence-corrected chi connectivity index (χ0v) is 32.5. The maximum Gasteiger partial charge on any atom is 0.305 e. The minimum atomic E-state index is -0.0912. The van der Waals surface area contributed by atoms with Crippen LogP contribution in [0.25, 0.3) is 0 Å². The van der Waals surface area contributed by atoms with Crippen molar-refractivity contribution in [2.24, 2.45) is 0 Å². The van der Waals surface area contributed by atoms with E-state index in [1.54, 1.807) is 0 Å². The third kappa shape index (κ3) is 37.4. The minimum absolute atomic E-state index is 0.0683. The first-order valence-electron chi connectivity index (χ1n) is 20.7. The van der Waals surface area contributed by atoms with Gasteiger partial charge in [0, 0.05) is 39.0 Å².